The van der Waals surface area contributed by atoms with Crippen molar-refractivity contribution in [1.82, 2.24) is 38.6 Å². The normalized spacial score (nSPS) is 11.8. The van der Waals surface area contributed by atoms with E-state index in [0.29, 0.717) is 17.5 Å². The number of hydrogen-bond donors (Lipinski definition) is 0. The minimum Gasteiger partial charge on any atom is -0.310 e. The van der Waals surface area contributed by atoms with Crippen molar-refractivity contribution in [3.05, 3.63) is 516 Å². The van der Waals surface area contributed by atoms with Gasteiger partial charge in [0.05, 0.1) is 50.2 Å². The average Bonchev–Trinajstić information content (AvgIpc) is 1.51. The van der Waals surface area contributed by atoms with Gasteiger partial charge in [-0.3, -0.25) is 9.97 Å². The first kappa shape index (κ1) is 83.4. The van der Waals surface area contributed by atoms with Crippen LogP contribution in [0.15, 0.2) is 516 Å². The highest BCUT2D eigenvalue weighted by molar-refractivity contribution is 6.36. The SMILES string of the molecule is c1ccc(-c2ccc(-n3c4ccccc4c4cc5ccc6cc(-c7ccc(-c8ccccn8)nc7)cc7ccc(c5c67)c43)cc2)cc1.c1ccc(-c2cccc(-n3c4ccccc4c4cc5ccc6cc(N(c7ccccc7)c7cccc8ccccc78)cc7ccc(c5c67)c43)c2)cc1.c1ccc(-c2nc(-c3ccccc3)nc(-c3ccc4c5cc6ccc7cccc8ccc(c6c78)c5n(-c5ccccc5)c4c3)n2)cc1. The molecule has 9 nitrogen and oxygen atoms in total. The topological polar surface area (TPSA) is 82.5 Å². The quantitative estimate of drug-likeness (QED) is 0.107. The third-order valence-electron chi connectivity index (χ3n) is 29.8. The number of nitrogens with zero attached hydrogens (tertiary/aromatic N) is 9. The summed E-state index contributed by atoms with van der Waals surface area (Å²) in [4.78, 5) is 26.6. The first-order valence-corrected chi connectivity index (χ1v) is 49.8. The molecule has 6 aromatic heterocycles. The van der Waals surface area contributed by atoms with Crippen molar-refractivity contribution in [2.45, 2.75) is 0 Å². The van der Waals surface area contributed by atoms with E-state index < -0.39 is 0 Å². The number of fused-ring (bicyclic) bond motifs is 13. The predicted octanol–water partition coefficient (Wildman–Crippen LogP) is 36.3. The Morgan fingerprint density at radius 3 is 1.10 bits per heavy atom. The van der Waals surface area contributed by atoms with Crippen LogP contribution in [0, 0.1) is 0 Å². The van der Waals surface area contributed by atoms with Crippen molar-refractivity contribution in [2.24, 2.45) is 0 Å². The fourth-order valence-electron chi connectivity index (χ4n) is 23.3. The number of pyridine rings is 2. The van der Waals surface area contributed by atoms with E-state index in [1.54, 1.807) is 6.20 Å². The van der Waals surface area contributed by atoms with Gasteiger partial charge in [-0.05, 0) is 247 Å². The molecule has 0 spiro atoms. The van der Waals surface area contributed by atoms with Gasteiger partial charge >= 0.3 is 0 Å². The van der Waals surface area contributed by atoms with Crippen LogP contribution in [0.1, 0.15) is 0 Å². The molecule has 0 aliphatic heterocycles. The average molecular weight is 1860 g/mol. The van der Waals surface area contributed by atoms with E-state index in [9.17, 15) is 0 Å². The van der Waals surface area contributed by atoms with Gasteiger partial charge in [-0.1, -0.05) is 370 Å². The Morgan fingerprint density at radius 2 is 0.541 bits per heavy atom. The van der Waals surface area contributed by atoms with Crippen molar-refractivity contribution in [1.29, 1.82) is 0 Å². The van der Waals surface area contributed by atoms with Gasteiger partial charge < -0.3 is 18.6 Å². The van der Waals surface area contributed by atoms with E-state index in [0.717, 1.165) is 67.5 Å². The molecule has 0 aliphatic carbocycles. The molecule has 9 heteroatoms. The fraction of sp³-hybridized carbons (Fsp3) is 0. The zero-order chi connectivity index (χ0) is 96.0. The summed E-state index contributed by atoms with van der Waals surface area (Å²) in [5, 5.41) is 32.9. The van der Waals surface area contributed by atoms with Gasteiger partial charge in [-0.15, -0.1) is 0 Å². The molecule has 0 fully saturated rings. The summed E-state index contributed by atoms with van der Waals surface area (Å²) in [7, 11) is 0. The number of benzene rings is 25. The smallest absolute Gasteiger partial charge is 0.164 e. The zero-order valence-corrected chi connectivity index (χ0v) is 79.1. The maximum atomic E-state index is 5.04. The van der Waals surface area contributed by atoms with Gasteiger partial charge in [0.2, 0.25) is 0 Å². The van der Waals surface area contributed by atoms with Crippen LogP contribution in [-0.4, -0.2) is 38.6 Å². The van der Waals surface area contributed by atoms with Gasteiger partial charge in [0.1, 0.15) is 0 Å². The maximum Gasteiger partial charge on any atom is 0.164 e. The second kappa shape index (κ2) is 34.1. The molecule has 31 rings (SSSR count). The largest absolute Gasteiger partial charge is 0.310 e. The van der Waals surface area contributed by atoms with Gasteiger partial charge in [0, 0.05) is 117 Å². The Kier molecular flexibility index (Phi) is 19.5. The van der Waals surface area contributed by atoms with Crippen LogP contribution in [0.3, 0.4) is 0 Å². The first-order valence-electron chi connectivity index (χ1n) is 49.8. The predicted molar refractivity (Wildman–Crippen MR) is 613 cm³/mol. The van der Waals surface area contributed by atoms with Crippen molar-refractivity contribution < 1.29 is 0 Å². The van der Waals surface area contributed by atoms with Crippen LogP contribution >= 0.6 is 0 Å². The third kappa shape index (κ3) is 13.8. The summed E-state index contributed by atoms with van der Waals surface area (Å²) in [5.74, 6) is 1.95. The van der Waals surface area contributed by atoms with E-state index in [-0.39, 0.29) is 0 Å². The summed E-state index contributed by atoms with van der Waals surface area (Å²) in [6.07, 6.45) is 3.76. The maximum absolute atomic E-state index is 5.04. The Labute approximate surface area is 839 Å². The van der Waals surface area contributed by atoms with E-state index >= 15 is 0 Å². The molecule has 0 bridgehead atoms. The van der Waals surface area contributed by atoms with Crippen molar-refractivity contribution in [3.8, 4) is 96.0 Å². The monoisotopic (exact) mass is 1860 g/mol. The molecule has 0 radical (unpaired) electrons. The fourth-order valence-corrected chi connectivity index (χ4v) is 23.3. The van der Waals surface area contributed by atoms with Crippen molar-refractivity contribution >= 4 is 190 Å². The highest BCUT2D eigenvalue weighted by Crippen LogP contribution is 2.51. The number of hydrogen-bond acceptors (Lipinski definition) is 6. The molecule has 25 aromatic carbocycles. The molecule has 146 heavy (non-hydrogen) atoms. The van der Waals surface area contributed by atoms with Crippen molar-refractivity contribution in [2.75, 3.05) is 4.90 Å². The van der Waals surface area contributed by atoms with Crippen LogP contribution in [-0.2, 0) is 0 Å². The number of rotatable bonds is 13. The number of aromatic nitrogens is 8. The molecule has 31 aromatic rings. The van der Waals surface area contributed by atoms with Gasteiger partial charge in [-0.25, -0.2) is 15.0 Å². The van der Waals surface area contributed by atoms with Gasteiger partial charge in [0.25, 0.3) is 0 Å². The minimum atomic E-state index is 0.645. The van der Waals surface area contributed by atoms with Gasteiger partial charge in [-0.2, -0.15) is 0 Å². The lowest BCUT2D eigenvalue weighted by atomic mass is 9.90. The van der Waals surface area contributed by atoms with E-state index in [2.05, 4.69) is 448 Å². The lowest BCUT2D eigenvalue weighted by molar-refractivity contribution is 1.07. The molecule has 0 saturated heterocycles. The van der Waals surface area contributed by atoms with Crippen LogP contribution in [0.2, 0.25) is 0 Å². The highest BCUT2D eigenvalue weighted by Gasteiger charge is 2.27. The molecular formula is C137H85N9. The Balaban J connectivity index is 0.000000104. The second-order valence-corrected chi connectivity index (χ2v) is 38.1. The molecule has 0 atom stereocenters. The third-order valence-corrected chi connectivity index (χ3v) is 29.8. The summed E-state index contributed by atoms with van der Waals surface area (Å²) >= 11 is 0. The molecule has 0 unspecified atom stereocenters. The molecule has 678 valence electrons. The summed E-state index contributed by atoms with van der Waals surface area (Å²) in [5.41, 5.74) is 25.9. The van der Waals surface area contributed by atoms with E-state index in [4.69, 9.17) is 19.9 Å². The lowest BCUT2D eigenvalue weighted by Gasteiger charge is -2.28. The Bertz CT molecular complexity index is 10400. The lowest BCUT2D eigenvalue weighted by Crippen LogP contribution is -2.10. The molecule has 0 aliphatic rings. The summed E-state index contributed by atoms with van der Waals surface area (Å²) in [6.45, 7) is 0. The first-order chi connectivity index (χ1) is 72.4. The highest BCUT2D eigenvalue weighted by atomic mass is 15.1. The number of para-hydroxylation sites is 4. The molecule has 0 amide bonds. The standard InChI is InChI=1S/C50H32N2.C44H27N3.C43H26N4/c1-3-13-33(14-4-1)35-17-11-20-40(29-35)52-47-23-10-9-22-43(47)45-32-38-26-25-36-30-41(31-37-27-28-44(50(45)52)49(38)48(36)37)51(39-18-5-2-6-19-39)46-24-12-16-34-15-7-8-21-42(34)46;1-2-8-28(9-3-1)29-15-19-35(20-16-29)47-41-12-5-4-10-36(41)38-26-32-14-13-30-24-34(25-31-17-21-37(44(38)47)43(32)42(30)31)33-18-22-40(46-27-33)39-11-6-7-23-45-39;1-4-11-29(12-5-1)41-44-42(30-13-6-2-7-14-30)46-43(45-41)32-22-23-34-36-25-31-20-19-27-15-10-16-28-21-24-35(39(31)38(27)28)40(36)47(37(34)26-32)33-17-8-3-9-18-33/h1-32H;1-27H;1-26H. The summed E-state index contributed by atoms with van der Waals surface area (Å²) in [6, 6.07) is 181. The minimum absolute atomic E-state index is 0.645. The number of anilines is 3. The van der Waals surface area contributed by atoms with Crippen molar-refractivity contribution in [3.63, 3.8) is 0 Å². The molecule has 6 heterocycles. The zero-order valence-electron chi connectivity index (χ0n) is 79.1. The molecule has 0 saturated carbocycles. The summed E-state index contributed by atoms with van der Waals surface area (Å²) < 4.78 is 7.34. The van der Waals surface area contributed by atoms with Crippen LogP contribution in [0.4, 0.5) is 17.1 Å². The molecular weight excluding hydrogens is 1770 g/mol. The van der Waals surface area contributed by atoms with E-state index in [1.165, 1.54) is 201 Å². The second-order valence-electron chi connectivity index (χ2n) is 38.1. The Hall–Kier alpha value is -19.6. The van der Waals surface area contributed by atoms with Crippen LogP contribution in [0.5, 0.6) is 0 Å². The van der Waals surface area contributed by atoms with Crippen LogP contribution in [0.25, 0.3) is 269 Å². The van der Waals surface area contributed by atoms with Crippen LogP contribution < -0.4 is 4.90 Å². The van der Waals surface area contributed by atoms with Gasteiger partial charge in [0.15, 0.2) is 17.5 Å². The molecule has 0 N–H and O–H groups in total. The van der Waals surface area contributed by atoms with E-state index in [1.807, 2.05) is 85.1 Å². The Morgan fingerprint density at radius 1 is 0.171 bits per heavy atom.